The predicted octanol–water partition coefficient (Wildman–Crippen LogP) is 7.11. The summed E-state index contributed by atoms with van der Waals surface area (Å²) in [6.45, 7) is 2.17. The van der Waals surface area contributed by atoms with Gasteiger partial charge in [0.05, 0.1) is 5.52 Å². The largest absolute Gasteiger partial charge is 0.358 e. The third-order valence-electron chi connectivity index (χ3n) is 6.44. The van der Waals surface area contributed by atoms with Crippen LogP contribution in [-0.4, -0.2) is 9.55 Å². The van der Waals surface area contributed by atoms with Crippen LogP contribution >= 0.6 is 0 Å². The molecule has 0 radical (unpaired) electrons. The molecule has 0 amide bonds. The summed E-state index contributed by atoms with van der Waals surface area (Å²) in [7, 11) is 0. The van der Waals surface area contributed by atoms with Gasteiger partial charge in [-0.3, -0.25) is 0 Å². The van der Waals surface area contributed by atoms with Gasteiger partial charge in [0.2, 0.25) is 0 Å². The highest BCUT2D eigenvalue weighted by Gasteiger charge is 2.18. The number of fused-ring (bicyclic) bond motifs is 4. The molecule has 2 aliphatic rings. The fraction of sp³-hybridized carbons (Fsp3) is 0.185. The van der Waals surface area contributed by atoms with Gasteiger partial charge in [0.25, 0.3) is 0 Å². The molecule has 0 spiro atoms. The Labute approximate surface area is 170 Å². The number of H-pyrrole nitrogens is 1. The van der Waals surface area contributed by atoms with Crippen molar-refractivity contribution in [3.63, 3.8) is 0 Å². The number of nitrogens with zero attached hydrogens (tertiary/aromatic N) is 1. The normalized spacial score (nSPS) is 15.8. The molecule has 0 aliphatic heterocycles. The Morgan fingerprint density at radius 3 is 2.72 bits per heavy atom. The van der Waals surface area contributed by atoms with Gasteiger partial charge in [-0.1, -0.05) is 54.1 Å². The Kier molecular flexibility index (Phi) is 3.67. The van der Waals surface area contributed by atoms with E-state index in [0.29, 0.717) is 0 Å². The molecule has 0 saturated heterocycles. The third kappa shape index (κ3) is 2.56. The van der Waals surface area contributed by atoms with Crippen molar-refractivity contribution in [1.29, 1.82) is 0 Å². The molecule has 29 heavy (non-hydrogen) atoms. The monoisotopic (exact) mass is 376 g/mol. The highest BCUT2D eigenvalue weighted by Crippen LogP contribution is 2.35. The van der Waals surface area contributed by atoms with E-state index >= 15 is 0 Å². The van der Waals surface area contributed by atoms with Crippen molar-refractivity contribution in [3.8, 4) is 5.69 Å². The lowest BCUT2D eigenvalue weighted by Gasteiger charge is -2.12. The highest BCUT2D eigenvalue weighted by molar-refractivity contribution is 5.94. The van der Waals surface area contributed by atoms with Gasteiger partial charge < -0.3 is 9.55 Å². The summed E-state index contributed by atoms with van der Waals surface area (Å²) in [5, 5.41) is 2.68. The summed E-state index contributed by atoms with van der Waals surface area (Å²) >= 11 is 0. The summed E-state index contributed by atoms with van der Waals surface area (Å²) in [5.74, 6) is 0. The Bertz CT molecular complexity index is 1350. The van der Waals surface area contributed by atoms with E-state index in [-0.39, 0.29) is 0 Å². The Hall–Kier alpha value is -3.26. The molecular weight excluding hydrogens is 352 g/mol. The van der Waals surface area contributed by atoms with Crippen LogP contribution in [0.1, 0.15) is 41.8 Å². The third-order valence-corrected chi connectivity index (χ3v) is 6.44. The molecule has 0 atom stereocenters. The number of allylic oxidation sites excluding steroid dienone is 4. The summed E-state index contributed by atoms with van der Waals surface area (Å²) in [6.07, 6.45) is 16.1. The molecule has 0 saturated carbocycles. The number of hydrogen-bond acceptors (Lipinski definition) is 0. The molecule has 2 aromatic heterocycles. The van der Waals surface area contributed by atoms with Crippen LogP contribution in [0.4, 0.5) is 0 Å². The molecule has 0 fully saturated rings. The number of para-hydroxylation sites is 1. The van der Waals surface area contributed by atoms with Crippen LogP contribution in [0.5, 0.6) is 0 Å². The fourth-order valence-electron chi connectivity index (χ4n) is 4.81. The average Bonchev–Trinajstić information content (AvgIpc) is 3.21. The first-order valence-corrected chi connectivity index (χ1v) is 10.6. The van der Waals surface area contributed by atoms with E-state index in [9.17, 15) is 0 Å². The standard InChI is InChI=1S/C27H24N2/c1-18-21(15-13-19-7-6-8-19)22-16-14-20(17-25(22)28-18)29-26-11-4-2-9-23(26)24-10-3-5-12-27(24)29/h2,4-5,7,9,11-17,28H,3,6,8,10H2,1H3/b15-13-. The molecule has 2 aromatic carbocycles. The van der Waals surface area contributed by atoms with Crippen molar-refractivity contribution in [2.24, 2.45) is 0 Å². The van der Waals surface area contributed by atoms with Crippen molar-refractivity contribution in [1.82, 2.24) is 9.55 Å². The first-order chi connectivity index (χ1) is 14.3. The number of aryl methyl sites for hydroxylation is 2. The van der Waals surface area contributed by atoms with Crippen molar-refractivity contribution in [2.45, 2.75) is 32.6 Å². The van der Waals surface area contributed by atoms with Crippen LogP contribution < -0.4 is 0 Å². The maximum absolute atomic E-state index is 3.62. The molecule has 2 heterocycles. The Balaban J connectivity index is 1.53. The van der Waals surface area contributed by atoms with Gasteiger partial charge in [0.1, 0.15) is 0 Å². The molecule has 1 N–H and O–H groups in total. The zero-order valence-electron chi connectivity index (χ0n) is 16.7. The fourth-order valence-corrected chi connectivity index (χ4v) is 4.81. The zero-order chi connectivity index (χ0) is 19.4. The lowest BCUT2D eigenvalue weighted by Crippen LogP contribution is -2.00. The average molecular weight is 377 g/mol. The minimum Gasteiger partial charge on any atom is -0.358 e. The molecule has 0 bridgehead atoms. The molecule has 2 nitrogen and oxygen atoms in total. The summed E-state index contributed by atoms with van der Waals surface area (Å²) in [5.41, 5.74) is 10.5. The predicted molar refractivity (Wildman–Crippen MR) is 124 cm³/mol. The van der Waals surface area contributed by atoms with Crippen LogP contribution in [0.15, 0.2) is 66.3 Å². The van der Waals surface area contributed by atoms with Crippen molar-refractivity contribution < 1.29 is 0 Å². The number of nitrogens with one attached hydrogen (secondary N) is 1. The van der Waals surface area contributed by atoms with Gasteiger partial charge in [-0.25, -0.2) is 0 Å². The van der Waals surface area contributed by atoms with Crippen LogP contribution in [-0.2, 0) is 6.42 Å². The van der Waals surface area contributed by atoms with Crippen molar-refractivity contribution in [2.75, 3.05) is 0 Å². The van der Waals surface area contributed by atoms with Crippen LogP contribution in [0.25, 0.3) is 39.6 Å². The summed E-state index contributed by atoms with van der Waals surface area (Å²) in [6, 6.07) is 15.6. The Morgan fingerprint density at radius 2 is 1.86 bits per heavy atom. The van der Waals surface area contributed by atoms with Gasteiger partial charge in [-0.2, -0.15) is 0 Å². The molecule has 2 heteroatoms. The lowest BCUT2D eigenvalue weighted by molar-refractivity contribution is 0.908. The molecule has 4 aromatic rings. The van der Waals surface area contributed by atoms with E-state index < -0.39 is 0 Å². The molecule has 142 valence electrons. The van der Waals surface area contributed by atoms with Gasteiger partial charge >= 0.3 is 0 Å². The van der Waals surface area contributed by atoms with Crippen molar-refractivity contribution in [3.05, 3.63) is 88.8 Å². The Morgan fingerprint density at radius 1 is 0.966 bits per heavy atom. The maximum Gasteiger partial charge on any atom is 0.0537 e. The van der Waals surface area contributed by atoms with E-state index in [1.54, 1.807) is 0 Å². The van der Waals surface area contributed by atoms with E-state index in [2.05, 4.69) is 89.3 Å². The second-order valence-electron chi connectivity index (χ2n) is 8.20. The van der Waals surface area contributed by atoms with Gasteiger partial charge in [-0.05, 0) is 62.4 Å². The number of rotatable bonds is 3. The van der Waals surface area contributed by atoms with E-state index in [1.807, 2.05) is 0 Å². The smallest absolute Gasteiger partial charge is 0.0537 e. The lowest BCUT2D eigenvalue weighted by atomic mass is 9.97. The second-order valence-corrected chi connectivity index (χ2v) is 8.20. The molecule has 0 unspecified atom stereocenters. The minimum atomic E-state index is 1.12. The van der Waals surface area contributed by atoms with Gasteiger partial charge in [0, 0.05) is 38.9 Å². The van der Waals surface area contributed by atoms with Crippen molar-refractivity contribution >= 4 is 34.0 Å². The molecular formula is C27H24N2. The van der Waals surface area contributed by atoms with E-state index in [0.717, 1.165) is 12.8 Å². The van der Waals surface area contributed by atoms with Gasteiger partial charge in [0.15, 0.2) is 0 Å². The second kappa shape index (κ2) is 6.38. The van der Waals surface area contributed by atoms with E-state index in [1.165, 1.54) is 68.4 Å². The van der Waals surface area contributed by atoms with Gasteiger partial charge in [-0.15, -0.1) is 0 Å². The number of hydrogen-bond donors (Lipinski definition) is 1. The summed E-state index contributed by atoms with van der Waals surface area (Å²) < 4.78 is 2.42. The minimum absolute atomic E-state index is 1.12. The van der Waals surface area contributed by atoms with E-state index in [4.69, 9.17) is 0 Å². The first kappa shape index (κ1) is 16.7. The van der Waals surface area contributed by atoms with Crippen LogP contribution in [0, 0.1) is 6.92 Å². The zero-order valence-corrected chi connectivity index (χ0v) is 16.7. The topological polar surface area (TPSA) is 20.7 Å². The molecule has 6 rings (SSSR count). The SMILES string of the molecule is Cc1[nH]c2cc(-n3c4c(c5ccccc53)CCC=C4)ccc2c1/C=C\C1=CCC1. The summed E-state index contributed by atoms with van der Waals surface area (Å²) in [4.78, 5) is 3.62. The highest BCUT2D eigenvalue weighted by atomic mass is 15.0. The maximum atomic E-state index is 3.62. The number of benzene rings is 2. The first-order valence-electron chi connectivity index (χ1n) is 10.6. The number of aromatic nitrogens is 2. The van der Waals surface area contributed by atoms with Crippen LogP contribution in [0.3, 0.4) is 0 Å². The quantitative estimate of drug-likeness (QED) is 0.393. The van der Waals surface area contributed by atoms with Crippen LogP contribution in [0.2, 0.25) is 0 Å². The number of aromatic amines is 1. The molecule has 2 aliphatic carbocycles.